The van der Waals surface area contributed by atoms with Gasteiger partial charge < -0.3 is 0 Å². The van der Waals surface area contributed by atoms with E-state index < -0.39 is 0 Å². The van der Waals surface area contributed by atoms with Crippen molar-refractivity contribution < 1.29 is 0 Å². The lowest BCUT2D eigenvalue weighted by Crippen LogP contribution is -1.90. The summed E-state index contributed by atoms with van der Waals surface area (Å²) in [4.78, 5) is 0. The third-order valence-electron chi connectivity index (χ3n) is 4.92. The van der Waals surface area contributed by atoms with Gasteiger partial charge in [0.05, 0.1) is 0 Å². The van der Waals surface area contributed by atoms with Crippen LogP contribution in [0.15, 0.2) is 97.1 Å². The summed E-state index contributed by atoms with van der Waals surface area (Å²) in [5, 5.41) is 2.79. The summed E-state index contributed by atoms with van der Waals surface area (Å²) in [6, 6.07) is 35.0. The van der Waals surface area contributed by atoms with Crippen LogP contribution in [0.5, 0.6) is 0 Å². The third kappa shape index (κ3) is 2.71. The van der Waals surface area contributed by atoms with E-state index in [1.54, 1.807) is 0 Å². The quantitative estimate of drug-likeness (QED) is 0.320. The minimum absolute atomic E-state index is 0.957. The van der Waals surface area contributed by atoms with Crippen LogP contribution in [0, 0.1) is 0 Å². The molecule has 0 spiro atoms. The number of benzene rings is 4. The predicted octanol–water partition coefficient (Wildman–Crippen LogP) is 7.31. The number of thiophene rings is 1. The fourth-order valence-electron chi connectivity index (χ4n) is 3.71. The van der Waals surface area contributed by atoms with Gasteiger partial charge in [0, 0.05) is 20.2 Å². The van der Waals surface area contributed by atoms with Gasteiger partial charge in [-0.25, -0.2) is 0 Å². The Labute approximate surface area is 157 Å². The first-order chi connectivity index (χ1) is 12.9. The SMILES string of the molecule is c1ccc(-c2cccc(Cc3cccc4sc5ccccc5c34)c2)cc1. The second-order valence-corrected chi connectivity index (χ2v) is 7.72. The molecule has 1 heterocycles. The van der Waals surface area contributed by atoms with Gasteiger partial charge in [-0.3, -0.25) is 0 Å². The lowest BCUT2D eigenvalue weighted by molar-refractivity contribution is 1.22. The van der Waals surface area contributed by atoms with Crippen molar-refractivity contribution in [2.24, 2.45) is 0 Å². The molecule has 4 aromatic carbocycles. The average molecular weight is 350 g/mol. The Kier molecular flexibility index (Phi) is 3.80. The van der Waals surface area contributed by atoms with Crippen molar-refractivity contribution in [2.75, 3.05) is 0 Å². The first-order valence-corrected chi connectivity index (χ1v) is 9.74. The highest BCUT2D eigenvalue weighted by molar-refractivity contribution is 7.25. The molecule has 0 aliphatic heterocycles. The molecule has 0 unspecified atom stereocenters. The van der Waals surface area contributed by atoms with Gasteiger partial charge in [0.1, 0.15) is 0 Å². The molecule has 0 saturated heterocycles. The molecule has 1 aromatic heterocycles. The van der Waals surface area contributed by atoms with Gasteiger partial charge in [-0.15, -0.1) is 11.3 Å². The van der Waals surface area contributed by atoms with Crippen molar-refractivity contribution in [3.63, 3.8) is 0 Å². The molecule has 0 nitrogen and oxygen atoms in total. The van der Waals surface area contributed by atoms with Crippen LogP contribution in [-0.4, -0.2) is 0 Å². The maximum absolute atomic E-state index is 2.32. The van der Waals surface area contributed by atoms with Crippen molar-refractivity contribution >= 4 is 31.5 Å². The van der Waals surface area contributed by atoms with Crippen LogP contribution >= 0.6 is 11.3 Å². The molecular weight excluding hydrogens is 332 g/mol. The van der Waals surface area contributed by atoms with Crippen LogP contribution in [0.4, 0.5) is 0 Å². The lowest BCUT2D eigenvalue weighted by Gasteiger charge is -2.08. The van der Waals surface area contributed by atoms with E-state index in [0.717, 1.165) is 6.42 Å². The number of hydrogen-bond donors (Lipinski definition) is 0. The summed E-state index contributed by atoms with van der Waals surface area (Å²) in [5.74, 6) is 0. The van der Waals surface area contributed by atoms with Crippen LogP contribution in [0.1, 0.15) is 11.1 Å². The molecule has 0 atom stereocenters. The Morgan fingerprint density at radius 3 is 2.23 bits per heavy atom. The molecule has 124 valence electrons. The molecule has 0 aliphatic rings. The van der Waals surface area contributed by atoms with E-state index in [-0.39, 0.29) is 0 Å². The summed E-state index contributed by atoms with van der Waals surface area (Å²) in [7, 11) is 0. The zero-order valence-electron chi connectivity index (χ0n) is 14.4. The molecule has 26 heavy (non-hydrogen) atoms. The number of rotatable bonds is 3. The van der Waals surface area contributed by atoms with Gasteiger partial charge in [0.15, 0.2) is 0 Å². The maximum atomic E-state index is 2.32. The predicted molar refractivity (Wildman–Crippen MR) is 114 cm³/mol. The van der Waals surface area contributed by atoms with Gasteiger partial charge in [-0.05, 0) is 40.8 Å². The van der Waals surface area contributed by atoms with Gasteiger partial charge >= 0.3 is 0 Å². The van der Waals surface area contributed by atoms with Gasteiger partial charge in [-0.2, -0.15) is 0 Å². The highest BCUT2D eigenvalue weighted by Gasteiger charge is 2.09. The van der Waals surface area contributed by atoms with Crippen molar-refractivity contribution in [2.45, 2.75) is 6.42 Å². The molecule has 0 saturated carbocycles. The Morgan fingerprint density at radius 2 is 1.31 bits per heavy atom. The molecule has 0 radical (unpaired) electrons. The highest BCUT2D eigenvalue weighted by Crippen LogP contribution is 2.36. The van der Waals surface area contributed by atoms with Crippen LogP contribution in [0.25, 0.3) is 31.3 Å². The number of hydrogen-bond acceptors (Lipinski definition) is 1. The second kappa shape index (κ2) is 6.44. The van der Waals surface area contributed by atoms with Crippen molar-refractivity contribution in [3.8, 4) is 11.1 Å². The van der Waals surface area contributed by atoms with Crippen molar-refractivity contribution in [1.29, 1.82) is 0 Å². The van der Waals surface area contributed by atoms with E-state index in [1.807, 2.05) is 11.3 Å². The van der Waals surface area contributed by atoms with E-state index in [0.29, 0.717) is 0 Å². The normalized spacial score (nSPS) is 11.2. The van der Waals surface area contributed by atoms with Crippen LogP contribution < -0.4 is 0 Å². The van der Waals surface area contributed by atoms with Crippen molar-refractivity contribution in [3.05, 3.63) is 108 Å². The van der Waals surface area contributed by atoms with E-state index in [1.165, 1.54) is 42.4 Å². The molecule has 0 N–H and O–H groups in total. The monoisotopic (exact) mass is 350 g/mol. The topological polar surface area (TPSA) is 0 Å². The Hall–Kier alpha value is -2.90. The van der Waals surface area contributed by atoms with Crippen molar-refractivity contribution in [1.82, 2.24) is 0 Å². The number of fused-ring (bicyclic) bond motifs is 3. The zero-order valence-corrected chi connectivity index (χ0v) is 15.2. The lowest BCUT2D eigenvalue weighted by atomic mass is 9.97. The molecule has 0 amide bonds. The fraction of sp³-hybridized carbons (Fsp3) is 0.0400. The Morgan fingerprint density at radius 1 is 0.577 bits per heavy atom. The third-order valence-corrected chi connectivity index (χ3v) is 6.05. The molecule has 1 heteroatoms. The molecule has 5 aromatic rings. The zero-order chi connectivity index (χ0) is 17.3. The molecule has 0 fully saturated rings. The Balaban J connectivity index is 1.60. The maximum Gasteiger partial charge on any atom is 0.0358 e. The summed E-state index contributed by atoms with van der Waals surface area (Å²) < 4.78 is 2.75. The molecule has 0 aliphatic carbocycles. The summed E-state index contributed by atoms with van der Waals surface area (Å²) in [6.45, 7) is 0. The highest BCUT2D eigenvalue weighted by atomic mass is 32.1. The summed E-state index contributed by atoms with van der Waals surface area (Å²) in [5.41, 5.74) is 5.32. The summed E-state index contributed by atoms with van der Waals surface area (Å²) >= 11 is 1.89. The van der Waals surface area contributed by atoms with Gasteiger partial charge in [0.25, 0.3) is 0 Å². The minimum atomic E-state index is 0.957. The summed E-state index contributed by atoms with van der Waals surface area (Å²) in [6.07, 6.45) is 0.957. The average Bonchev–Trinajstić information content (AvgIpc) is 3.08. The smallest absolute Gasteiger partial charge is 0.0358 e. The van der Waals surface area contributed by atoms with Crippen LogP contribution in [0.3, 0.4) is 0 Å². The van der Waals surface area contributed by atoms with Gasteiger partial charge in [0.2, 0.25) is 0 Å². The van der Waals surface area contributed by atoms with Crippen LogP contribution in [0.2, 0.25) is 0 Å². The van der Waals surface area contributed by atoms with Crippen LogP contribution in [-0.2, 0) is 6.42 Å². The second-order valence-electron chi connectivity index (χ2n) is 6.63. The standard InChI is InChI=1S/C25H18S/c1-2-9-19(10-3-1)20-11-6-8-18(16-20)17-21-12-7-15-24-25(21)22-13-4-5-14-23(22)26-24/h1-16H,17H2. The largest absolute Gasteiger partial charge is 0.135 e. The van der Waals surface area contributed by atoms with E-state index >= 15 is 0 Å². The van der Waals surface area contributed by atoms with Gasteiger partial charge in [-0.1, -0.05) is 84.9 Å². The van der Waals surface area contributed by atoms with E-state index in [4.69, 9.17) is 0 Å². The minimum Gasteiger partial charge on any atom is -0.135 e. The first kappa shape index (κ1) is 15.4. The fourth-order valence-corrected chi connectivity index (χ4v) is 4.86. The van der Waals surface area contributed by atoms with E-state index in [2.05, 4.69) is 97.1 Å². The molecule has 5 rings (SSSR count). The molecule has 0 bridgehead atoms. The Bertz CT molecular complexity index is 1200. The first-order valence-electron chi connectivity index (χ1n) is 8.92. The molecular formula is C25H18S. The van der Waals surface area contributed by atoms with E-state index in [9.17, 15) is 0 Å².